The Labute approximate surface area is 136 Å². The number of hydrogen-bond donors (Lipinski definition) is 2. The van der Waals surface area contributed by atoms with E-state index in [0.29, 0.717) is 12.2 Å². The Morgan fingerprint density at radius 1 is 1.45 bits per heavy atom. The third-order valence-corrected chi connectivity index (χ3v) is 3.85. The van der Waals surface area contributed by atoms with E-state index in [0.717, 1.165) is 43.0 Å². The molecular weight excluding hydrogens is 304 g/mol. The first-order valence-corrected chi connectivity index (χ1v) is 7.29. The highest BCUT2D eigenvalue weighted by Crippen LogP contribution is 2.29. The number of carbonyl (C=O) groups excluding carboxylic acids is 1. The quantitative estimate of drug-likeness (QED) is 0.889. The lowest BCUT2D eigenvalue weighted by Crippen LogP contribution is -2.46. The van der Waals surface area contributed by atoms with Gasteiger partial charge in [0, 0.05) is 18.2 Å². The number of methoxy groups -OCH3 is 1. The summed E-state index contributed by atoms with van der Waals surface area (Å²) >= 11 is 0. The van der Waals surface area contributed by atoms with Crippen LogP contribution in [-0.4, -0.2) is 38.8 Å². The molecule has 0 saturated carbocycles. The summed E-state index contributed by atoms with van der Waals surface area (Å²) in [6.07, 6.45) is 4.00. The molecule has 1 fully saturated rings. The van der Waals surface area contributed by atoms with Gasteiger partial charge in [0.15, 0.2) is 0 Å². The number of piperidine rings is 1. The van der Waals surface area contributed by atoms with Gasteiger partial charge in [-0.05, 0) is 43.7 Å². The SMILES string of the molecule is COc1ccc2c(c1)C=C(C(=O)N[C@H]1CCCNC1)CO2.Cl. The van der Waals surface area contributed by atoms with Crippen LogP contribution in [0.25, 0.3) is 6.08 Å². The zero-order valence-corrected chi connectivity index (χ0v) is 13.4. The van der Waals surface area contributed by atoms with Crippen LogP contribution in [0.15, 0.2) is 23.8 Å². The van der Waals surface area contributed by atoms with E-state index in [1.165, 1.54) is 0 Å². The molecule has 2 aliphatic heterocycles. The number of carbonyl (C=O) groups is 1. The van der Waals surface area contributed by atoms with Gasteiger partial charge in [0.05, 0.1) is 12.7 Å². The summed E-state index contributed by atoms with van der Waals surface area (Å²) in [6.45, 7) is 2.18. The van der Waals surface area contributed by atoms with Gasteiger partial charge in [0.2, 0.25) is 0 Å². The van der Waals surface area contributed by atoms with Gasteiger partial charge in [-0.1, -0.05) is 0 Å². The first kappa shape index (κ1) is 16.6. The molecule has 2 N–H and O–H groups in total. The third-order valence-electron chi connectivity index (χ3n) is 3.85. The maximum Gasteiger partial charge on any atom is 0.250 e. The van der Waals surface area contributed by atoms with E-state index in [1.54, 1.807) is 7.11 Å². The summed E-state index contributed by atoms with van der Waals surface area (Å²) in [5.74, 6) is 1.50. The van der Waals surface area contributed by atoms with Crippen molar-refractivity contribution < 1.29 is 14.3 Å². The van der Waals surface area contributed by atoms with E-state index in [-0.39, 0.29) is 24.4 Å². The van der Waals surface area contributed by atoms with E-state index in [1.807, 2.05) is 24.3 Å². The Kier molecular flexibility index (Phi) is 5.69. The topological polar surface area (TPSA) is 59.6 Å². The highest BCUT2D eigenvalue weighted by Gasteiger charge is 2.21. The molecule has 0 aromatic heterocycles. The number of amides is 1. The van der Waals surface area contributed by atoms with Crippen LogP contribution in [0.5, 0.6) is 11.5 Å². The molecule has 22 heavy (non-hydrogen) atoms. The average Bonchev–Trinajstić information content (AvgIpc) is 2.54. The smallest absolute Gasteiger partial charge is 0.250 e. The van der Waals surface area contributed by atoms with Gasteiger partial charge in [-0.25, -0.2) is 0 Å². The molecule has 1 atom stereocenters. The minimum atomic E-state index is -0.0443. The zero-order chi connectivity index (χ0) is 14.7. The second-order valence-corrected chi connectivity index (χ2v) is 5.38. The predicted octanol–water partition coefficient (Wildman–Crippen LogP) is 1.76. The lowest BCUT2D eigenvalue weighted by atomic mass is 10.0. The number of ether oxygens (including phenoxy) is 2. The van der Waals surface area contributed by atoms with Crippen molar-refractivity contribution in [2.24, 2.45) is 0 Å². The van der Waals surface area contributed by atoms with Gasteiger partial charge < -0.3 is 20.1 Å². The van der Waals surface area contributed by atoms with Crippen LogP contribution >= 0.6 is 12.4 Å². The standard InChI is InChI=1S/C16H20N2O3.ClH/c1-20-14-4-5-15-11(8-14)7-12(10-21-15)16(19)18-13-3-2-6-17-9-13;/h4-5,7-8,13,17H,2-3,6,9-10H2,1H3,(H,18,19);1H/t13-;/m0./s1. The van der Waals surface area contributed by atoms with Crippen molar-refractivity contribution in [2.75, 3.05) is 26.8 Å². The Hall–Kier alpha value is -1.72. The van der Waals surface area contributed by atoms with E-state index in [4.69, 9.17) is 9.47 Å². The minimum absolute atomic E-state index is 0. The summed E-state index contributed by atoms with van der Waals surface area (Å²) < 4.78 is 10.8. The summed E-state index contributed by atoms with van der Waals surface area (Å²) in [6, 6.07) is 5.80. The van der Waals surface area contributed by atoms with Crippen LogP contribution in [0.4, 0.5) is 0 Å². The van der Waals surface area contributed by atoms with Crippen molar-refractivity contribution in [3.05, 3.63) is 29.3 Å². The number of rotatable bonds is 3. The van der Waals surface area contributed by atoms with Crippen LogP contribution < -0.4 is 20.1 Å². The Balaban J connectivity index is 0.00000176. The van der Waals surface area contributed by atoms with Crippen LogP contribution in [0, 0.1) is 0 Å². The van der Waals surface area contributed by atoms with Crippen LogP contribution in [0.3, 0.4) is 0 Å². The van der Waals surface area contributed by atoms with E-state index in [2.05, 4.69) is 10.6 Å². The third kappa shape index (κ3) is 3.72. The van der Waals surface area contributed by atoms with Gasteiger partial charge in [-0.15, -0.1) is 12.4 Å². The summed E-state index contributed by atoms with van der Waals surface area (Å²) in [7, 11) is 1.62. The first-order valence-electron chi connectivity index (χ1n) is 7.29. The van der Waals surface area contributed by atoms with Crippen molar-refractivity contribution in [1.29, 1.82) is 0 Å². The molecule has 2 heterocycles. The van der Waals surface area contributed by atoms with Gasteiger partial charge in [-0.2, -0.15) is 0 Å². The zero-order valence-electron chi connectivity index (χ0n) is 12.6. The molecule has 0 bridgehead atoms. The molecule has 1 aromatic rings. The van der Waals surface area contributed by atoms with Crippen LogP contribution in [-0.2, 0) is 4.79 Å². The van der Waals surface area contributed by atoms with Gasteiger partial charge in [0.25, 0.3) is 5.91 Å². The Bertz CT molecular complexity index is 569. The highest BCUT2D eigenvalue weighted by atomic mass is 35.5. The monoisotopic (exact) mass is 324 g/mol. The molecule has 3 rings (SSSR count). The lowest BCUT2D eigenvalue weighted by molar-refractivity contribution is -0.118. The van der Waals surface area contributed by atoms with Crippen molar-refractivity contribution in [1.82, 2.24) is 10.6 Å². The number of fused-ring (bicyclic) bond motifs is 1. The molecule has 0 aliphatic carbocycles. The van der Waals surface area contributed by atoms with E-state index in [9.17, 15) is 4.79 Å². The molecule has 1 saturated heterocycles. The average molecular weight is 325 g/mol. The van der Waals surface area contributed by atoms with Crippen LogP contribution in [0.1, 0.15) is 18.4 Å². The van der Waals surface area contributed by atoms with E-state index >= 15 is 0 Å². The van der Waals surface area contributed by atoms with Crippen molar-refractivity contribution in [3.63, 3.8) is 0 Å². The summed E-state index contributed by atoms with van der Waals surface area (Å²) in [5.41, 5.74) is 1.54. The Morgan fingerprint density at radius 3 is 3.05 bits per heavy atom. The largest absolute Gasteiger partial charge is 0.497 e. The second kappa shape index (κ2) is 7.51. The molecule has 2 aliphatic rings. The fourth-order valence-corrected chi connectivity index (χ4v) is 2.67. The number of benzene rings is 1. The minimum Gasteiger partial charge on any atom is -0.497 e. The fraction of sp³-hybridized carbons (Fsp3) is 0.438. The fourth-order valence-electron chi connectivity index (χ4n) is 2.67. The molecule has 5 nitrogen and oxygen atoms in total. The maximum atomic E-state index is 12.3. The molecule has 1 aromatic carbocycles. The molecule has 120 valence electrons. The van der Waals surface area contributed by atoms with Gasteiger partial charge in [0.1, 0.15) is 18.1 Å². The Morgan fingerprint density at radius 2 is 2.32 bits per heavy atom. The molecule has 0 unspecified atom stereocenters. The van der Waals surface area contributed by atoms with Crippen molar-refractivity contribution in [3.8, 4) is 11.5 Å². The summed E-state index contributed by atoms with van der Waals surface area (Å²) in [4.78, 5) is 12.3. The van der Waals surface area contributed by atoms with Crippen molar-refractivity contribution >= 4 is 24.4 Å². The van der Waals surface area contributed by atoms with Crippen molar-refractivity contribution in [2.45, 2.75) is 18.9 Å². The first-order chi connectivity index (χ1) is 10.3. The molecular formula is C16H21ClN2O3. The molecule has 1 amide bonds. The van der Waals surface area contributed by atoms with Gasteiger partial charge >= 0.3 is 0 Å². The van der Waals surface area contributed by atoms with Gasteiger partial charge in [-0.3, -0.25) is 4.79 Å². The molecule has 0 spiro atoms. The number of halogens is 1. The summed E-state index contributed by atoms with van der Waals surface area (Å²) in [5, 5.41) is 6.36. The molecule has 0 radical (unpaired) electrons. The number of nitrogens with one attached hydrogen (secondary N) is 2. The number of hydrogen-bond acceptors (Lipinski definition) is 4. The lowest BCUT2D eigenvalue weighted by Gasteiger charge is -2.25. The second-order valence-electron chi connectivity index (χ2n) is 5.38. The predicted molar refractivity (Wildman–Crippen MR) is 87.7 cm³/mol. The van der Waals surface area contributed by atoms with Crippen LogP contribution in [0.2, 0.25) is 0 Å². The maximum absolute atomic E-state index is 12.3. The molecule has 6 heteroatoms. The normalized spacial score (nSPS) is 19.9. The highest BCUT2D eigenvalue weighted by molar-refractivity contribution is 5.99. The van der Waals surface area contributed by atoms with E-state index < -0.39 is 0 Å².